The summed E-state index contributed by atoms with van der Waals surface area (Å²) in [5, 5.41) is 9.59. The van der Waals surface area contributed by atoms with Gasteiger partial charge >= 0.3 is 0 Å². The summed E-state index contributed by atoms with van der Waals surface area (Å²) in [6.07, 6.45) is 3.59. The van der Waals surface area contributed by atoms with Gasteiger partial charge in [0.25, 0.3) is 0 Å². The molecule has 1 saturated carbocycles. The summed E-state index contributed by atoms with van der Waals surface area (Å²) < 4.78 is 13.2. The molecule has 1 fully saturated rings. The van der Waals surface area contributed by atoms with Crippen molar-refractivity contribution < 1.29 is 9.50 Å². The predicted octanol–water partition coefficient (Wildman–Crippen LogP) is 3.15. The molecule has 2 atom stereocenters. The van der Waals surface area contributed by atoms with Crippen LogP contribution in [0.4, 0.5) is 4.39 Å². The molecule has 2 unspecified atom stereocenters. The lowest BCUT2D eigenvalue weighted by molar-refractivity contribution is 0.119. The second-order valence-corrected chi connectivity index (χ2v) is 4.58. The highest BCUT2D eigenvalue weighted by Gasteiger charge is 2.21. The van der Waals surface area contributed by atoms with E-state index in [1.807, 2.05) is 13.0 Å². The average molecular weight is 208 g/mol. The van der Waals surface area contributed by atoms with Crippen molar-refractivity contribution in [3.8, 4) is 0 Å². The predicted molar refractivity (Wildman–Crippen MR) is 58.4 cm³/mol. The number of benzene rings is 1. The van der Waals surface area contributed by atoms with Gasteiger partial charge in [0.1, 0.15) is 5.82 Å². The van der Waals surface area contributed by atoms with Gasteiger partial charge in [0.05, 0.1) is 6.10 Å². The van der Waals surface area contributed by atoms with Gasteiger partial charge < -0.3 is 5.11 Å². The lowest BCUT2D eigenvalue weighted by Crippen LogP contribution is -2.18. The van der Waals surface area contributed by atoms with Crippen molar-refractivity contribution in [2.24, 2.45) is 0 Å². The van der Waals surface area contributed by atoms with E-state index in [4.69, 9.17) is 0 Å². The van der Waals surface area contributed by atoms with Gasteiger partial charge in [-0.05, 0) is 55.4 Å². The third-order valence-electron chi connectivity index (χ3n) is 3.18. The van der Waals surface area contributed by atoms with Crippen LogP contribution in [-0.2, 0) is 0 Å². The van der Waals surface area contributed by atoms with Gasteiger partial charge in [-0.2, -0.15) is 0 Å². The molecule has 0 amide bonds. The number of halogens is 1. The first-order valence-electron chi connectivity index (χ1n) is 5.60. The zero-order valence-corrected chi connectivity index (χ0v) is 9.04. The first-order chi connectivity index (χ1) is 7.15. The van der Waals surface area contributed by atoms with E-state index < -0.39 is 0 Å². The number of hydrogen-bond acceptors (Lipinski definition) is 1. The molecule has 1 nitrogen and oxygen atoms in total. The Balaban J connectivity index is 2.20. The van der Waals surface area contributed by atoms with E-state index in [0.717, 1.165) is 36.8 Å². The number of aliphatic hydroxyl groups excluding tert-OH is 1. The highest BCUT2D eigenvalue weighted by Crippen LogP contribution is 2.33. The lowest BCUT2D eigenvalue weighted by Gasteiger charge is -2.26. The van der Waals surface area contributed by atoms with E-state index in [1.165, 1.54) is 0 Å². The van der Waals surface area contributed by atoms with Crippen LogP contribution in [0.15, 0.2) is 18.2 Å². The minimum Gasteiger partial charge on any atom is -0.393 e. The van der Waals surface area contributed by atoms with Crippen molar-refractivity contribution in [1.82, 2.24) is 0 Å². The van der Waals surface area contributed by atoms with Crippen LogP contribution in [-0.4, -0.2) is 11.2 Å². The molecular formula is C13H17FO. The Morgan fingerprint density at radius 2 is 2.07 bits per heavy atom. The van der Waals surface area contributed by atoms with Crippen LogP contribution in [0.25, 0.3) is 0 Å². The Labute approximate surface area is 89.9 Å². The zero-order valence-electron chi connectivity index (χ0n) is 9.04. The van der Waals surface area contributed by atoms with Gasteiger partial charge in [0, 0.05) is 0 Å². The molecule has 2 rings (SSSR count). The maximum atomic E-state index is 13.2. The molecule has 0 aromatic heterocycles. The summed E-state index contributed by atoms with van der Waals surface area (Å²) in [5.74, 6) is 0.174. The maximum absolute atomic E-state index is 13.2. The van der Waals surface area contributed by atoms with Crippen LogP contribution in [0.2, 0.25) is 0 Å². The lowest BCUT2D eigenvalue weighted by atomic mass is 9.82. The number of rotatable bonds is 1. The van der Waals surface area contributed by atoms with Crippen LogP contribution in [0.5, 0.6) is 0 Å². The Bertz CT molecular complexity index is 328. The van der Waals surface area contributed by atoms with Crippen LogP contribution in [0.3, 0.4) is 0 Å². The number of hydrogen-bond donors (Lipinski definition) is 1. The van der Waals surface area contributed by atoms with Gasteiger partial charge in [-0.25, -0.2) is 4.39 Å². The third kappa shape index (κ3) is 2.57. The Hall–Kier alpha value is -0.890. The molecule has 0 radical (unpaired) electrons. The van der Waals surface area contributed by atoms with E-state index in [-0.39, 0.29) is 11.9 Å². The minimum absolute atomic E-state index is 0.162. The van der Waals surface area contributed by atoms with Gasteiger partial charge in [0.15, 0.2) is 0 Å². The van der Waals surface area contributed by atoms with Gasteiger partial charge in [-0.1, -0.05) is 12.5 Å². The Kier molecular flexibility index (Phi) is 3.06. The van der Waals surface area contributed by atoms with E-state index >= 15 is 0 Å². The first kappa shape index (κ1) is 10.6. The van der Waals surface area contributed by atoms with Crippen LogP contribution in [0, 0.1) is 12.7 Å². The fraction of sp³-hybridized carbons (Fsp3) is 0.538. The third-order valence-corrected chi connectivity index (χ3v) is 3.18. The summed E-state index contributed by atoms with van der Waals surface area (Å²) in [5.41, 5.74) is 2.01. The summed E-state index contributed by atoms with van der Waals surface area (Å²) >= 11 is 0. The quantitative estimate of drug-likeness (QED) is 0.751. The summed E-state index contributed by atoms with van der Waals surface area (Å²) in [6, 6.07) is 5.18. The molecule has 2 heteroatoms. The normalized spacial score (nSPS) is 26.6. The summed E-state index contributed by atoms with van der Waals surface area (Å²) in [7, 11) is 0. The fourth-order valence-corrected chi connectivity index (χ4v) is 2.47. The summed E-state index contributed by atoms with van der Waals surface area (Å²) in [6.45, 7) is 1.91. The van der Waals surface area contributed by atoms with Gasteiger partial charge in [-0.3, -0.25) is 0 Å². The molecule has 0 spiro atoms. The minimum atomic E-state index is -0.202. The maximum Gasteiger partial charge on any atom is 0.123 e. The van der Waals surface area contributed by atoms with E-state index in [9.17, 15) is 9.50 Å². The average Bonchev–Trinajstić information content (AvgIpc) is 2.16. The van der Waals surface area contributed by atoms with Crippen molar-refractivity contribution in [2.75, 3.05) is 0 Å². The zero-order chi connectivity index (χ0) is 10.8. The second kappa shape index (κ2) is 4.31. The fourth-order valence-electron chi connectivity index (χ4n) is 2.47. The molecule has 1 aromatic carbocycles. The monoisotopic (exact) mass is 208 g/mol. The topological polar surface area (TPSA) is 20.2 Å². The van der Waals surface area contributed by atoms with Crippen LogP contribution < -0.4 is 0 Å². The second-order valence-electron chi connectivity index (χ2n) is 4.58. The van der Waals surface area contributed by atoms with E-state index in [0.29, 0.717) is 5.92 Å². The van der Waals surface area contributed by atoms with Gasteiger partial charge in [0.2, 0.25) is 0 Å². The van der Waals surface area contributed by atoms with Crippen LogP contribution in [0.1, 0.15) is 42.7 Å². The molecule has 1 aliphatic rings. The van der Waals surface area contributed by atoms with E-state index in [2.05, 4.69) is 0 Å². The Morgan fingerprint density at radius 1 is 1.27 bits per heavy atom. The molecule has 1 N–H and O–H groups in total. The molecule has 1 aromatic rings. The summed E-state index contributed by atoms with van der Waals surface area (Å²) in [4.78, 5) is 0. The highest BCUT2D eigenvalue weighted by molar-refractivity contribution is 5.27. The van der Waals surface area contributed by atoms with Gasteiger partial charge in [-0.15, -0.1) is 0 Å². The van der Waals surface area contributed by atoms with Crippen molar-refractivity contribution in [1.29, 1.82) is 0 Å². The molecule has 0 bridgehead atoms. The number of aryl methyl sites for hydroxylation is 1. The molecule has 15 heavy (non-hydrogen) atoms. The van der Waals surface area contributed by atoms with Crippen molar-refractivity contribution in [2.45, 2.75) is 44.6 Å². The molecule has 0 aliphatic heterocycles. The Morgan fingerprint density at radius 3 is 2.73 bits per heavy atom. The molecule has 1 aliphatic carbocycles. The molecule has 0 heterocycles. The standard InChI is InChI=1S/C13H17FO/c1-9-5-11(7-12(14)6-9)10-3-2-4-13(15)8-10/h5-7,10,13,15H,2-4,8H2,1H3. The van der Waals surface area contributed by atoms with Crippen molar-refractivity contribution in [3.63, 3.8) is 0 Å². The smallest absolute Gasteiger partial charge is 0.123 e. The molecule has 82 valence electrons. The number of aliphatic hydroxyl groups is 1. The highest BCUT2D eigenvalue weighted by atomic mass is 19.1. The van der Waals surface area contributed by atoms with Crippen molar-refractivity contribution in [3.05, 3.63) is 35.1 Å². The molecular weight excluding hydrogens is 191 g/mol. The van der Waals surface area contributed by atoms with Crippen LogP contribution >= 0.6 is 0 Å². The molecule has 0 saturated heterocycles. The van der Waals surface area contributed by atoms with Crippen molar-refractivity contribution >= 4 is 0 Å². The largest absolute Gasteiger partial charge is 0.393 e. The first-order valence-corrected chi connectivity index (χ1v) is 5.60. The SMILES string of the molecule is Cc1cc(F)cc(C2CCCC(O)C2)c1. The van der Waals surface area contributed by atoms with E-state index in [1.54, 1.807) is 12.1 Å².